The van der Waals surface area contributed by atoms with Crippen LogP contribution in [-0.4, -0.2) is 18.3 Å². The van der Waals surface area contributed by atoms with E-state index in [1.54, 1.807) is 0 Å². The highest BCUT2D eigenvalue weighted by Crippen LogP contribution is 2.61. The lowest BCUT2D eigenvalue weighted by Crippen LogP contribution is -2.41. The normalized spacial score (nSPS) is 20.0. The van der Waals surface area contributed by atoms with Crippen molar-refractivity contribution in [2.24, 2.45) is 0 Å². The second-order valence-electron chi connectivity index (χ2n) is 13.5. The van der Waals surface area contributed by atoms with Gasteiger partial charge in [-0.05, 0) is 78.0 Å². The Bertz CT molecular complexity index is 2160. The smallest absolute Gasteiger partial charge is 0.456 e. The maximum atomic E-state index is 6.90. The molecule has 0 bridgehead atoms. The van der Waals surface area contributed by atoms with Crippen LogP contribution in [0.1, 0.15) is 49.9 Å². The number of ether oxygens (including phenoxy) is 1. The van der Waals surface area contributed by atoms with Crippen LogP contribution in [0, 0.1) is 0 Å². The Labute approximate surface area is 264 Å². The molecule has 9 rings (SSSR count). The maximum Gasteiger partial charge on any atom is 0.494 e. The average Bonchev–Trinajstić information content (AvgIpc) is 3.22. The van der Waals surface area contributed by atoms with E-state index in [9.17, 15) is 0 Å². The topological polar surface area (TPSA) is 27.7 Å². The molecule has 2 heterocycles. The first-order valence-corrected chi connectivity index (χ1v) is 15.8. The molecule has 1 atom stereocenters. The Kier molecular flexibility index (Phi) is 5.47. The Balaban J connectivity index is 1.46. The molecule has 0 aromatic heterocycles. The van der Waals surface area contributed by atoms with Crippen molar-refractivity contribution >= 4 is 23.4 Å². The predicted molar refractivity (Wildman–Crippen MR) is 182 cm³/mol. The highest BCUT2D eigenvalue weighted by Gasteiger charge is 2.53. The van der Waals surface area contributed by atoms with Gasteiger partial charge in [0, 0.05) is 16.5 Å². The van der Waals surface area contributed by atoms with Gasteiger partial charge >= 0.3 is 7.12 Å². The summed E-state index contributed by atoms with van der Waals surface area (Å²) >= 11 is 0. The number of hydrogen-bond acceptors (Lipinski definition) is 3. The molecule has 218 valence electrons. The first kappa shape index (κ1) is 26.7. The van der Waals surface area contributed by atoms with Crippen LogP contribution >= 0.6 is 0 Å². The summed E-state index contributed by atoms with van der Waals surface area (Å²) in [5.74, 6) is 1.77. The Morgan fingerprint density at radius 1 is 0.489 bits per heavy atom. The van der Waals surface area contributed by atoms with Crippen molar-refractivity contribution in [1.82, 2.24) is 0 Å². The van der Waals surface area contributed by atoms with Crippen molar-refractivity contribution in [3.8, 4) is 33.8 Å². The molecule has 0 amide bonds. The first-order valence-electron chi connectivity index (χ1n) is 15.8. The fraction of sp³-hybridized carbons (Fsp3) is 0.171. The standard InChI is InChI=1S/C41H33BO3/c1-39(2)40(3,4)45-42(44-39)27-22-23-32-30-16-8-7-15-29(30)31-17-9-10-18-33(31)41(36(32)25-27)34-19-11-12-20-37(34)43-38-28-14-6-5-13-26(28)21-24-35(38)41/h5-25H,1-4H3. The Morgan fingerprint density at radius 3 is 1.84 bits per heavy atom. The van der Waals surface area contributed by atoms with Gasteiger partial charge in [-0.25, -0.2) is 0 Å². The molecule has 6 aromatic rings. The molecule has 3 nitrogen and oxygen atoms in total. The maximum absolute atomic E-state index is 6.90. The minimum atomic E-state index is -0.682. The van der Waals surface area contributed by atoms with E-state index in [0.717, 1.165) is 38.9 Å². The van der Waals surface area contributed by atoms with Crippen molar-refractivity contribution < 1.29 is 14.0 Å². The van der Waals surface area contributed by atoms with Gasteiger partial charge in [-0.3, -0.25) is 0 Å². The molecule has 2 aliphatic heterocycles. The molecule has 1 unspecified atom stereocenters. The summed E-state index contributed by atoms with van der Waals surface area (Å²) in [6.07, 6.45) is 0. The molecule has 0 radical (unpaired) electrons. The van der Waals surface area contributed by atoms with E-state index in [-0.39, 0.29) is 0 Å². The van der Waals surface area contributed by atoms with Crippen LogP contribution < -0.4 is 10.2 Å². The third-order valence-corrected chi connectivity index (χ3v) is 10.6. The zero-order valence-electron chi connectivity index (χ0n) is 25.9. The van der Waals surface area contributed by atoms with Crippen LogP contribution in [-0.2, 0) is 14.7 Å². The quantitative estimate of drug-likeness (QED) is 0.180. The number of fused-ring (bicyclic) bond motifs is 13. The number of para-hydroxylation sites is 1. The van der Waals surface area contributed by atoms with Gasteiger partial charge in [-0.1, -0.05) is 121 Å². The van der Waals surface area contributed by atoms with Gasteiger partial charge in [0.05, 0.1) is 16.6 Å². The van der Waals surface area contributed by atoms with E-state index in [4.69, 9.17) is 14.0 Å². The summed E-state index contributed by atoms with van der Waals surface area (Å²) in [5.41, 5.74) is 8.96. The summed E-state index contributed by atoms with van der Waals surface area (Å²) in [4.78, 5) is 0. The Hall–Kier alpha value is -4.64. The summed E-state index contributed by atoms with van der Waals surface area (Å²) in [6.45, 7) is 8.45. The van der Waals surface area contributed by atoms with Crippen molar-refractivity contribution in [2.45, 2.75) is 44.3 Å². The summed E-state index contributed by atoms with van der Waals surface area (Å²) in [5, 5.41) is 2.26. The molecule has 0 N–H and O–H groups in total. The van der Waals surface area contributed by atoms with Crippen molar-refractivity contribution in [3.05, 3.63) is 150 Å². The third kappa shape index (κ3) is 3.55. The number of benzene rings is 6. The molecule has 4 heteroatoms. The summed E-state index contributed by atoms with van der Waals surface area (Å²) in [7, 11) is -0.489. The van der Waals surface area contributed by atoms with E-state index in [1.807, 2.05) is 0 Å². The zero-order valence-corrected chi connectivity index (χ0v) is 25.9. The van der Waals surface area contributed by atoms with E-state index in [0.29, 0.717) is 0 Å². The van der Waals surface area contributed by atoms with Gasteiger partial charge in [0.1, 0.15) is 11.5 Å². The van der Waals surface area contributed by atoms with Crippen molar-refractivity contribution in [3.63, 3.8) is 0 Å². The first-order chi connectivity index (χ1) is 21.8. The van der Waals surface area contributed by atoms with Crippen LogP contribution in [0.2, 0.25) is 0 Å². The van der Waals surface area contributed by atoms with Gasteiger partial charge in [-0.2, -0.15) is 0 Å². The summed E-state index contributed by atoms with van der Waals surface area (Å²) in [6, 6.07) is 46.1. The van der Waals surface area contributed by atoms with Crippen LogP contribution in [0.15, 0.2) is 127 Å². The molecule has 6 aromatic carbocycles. The van der Waals surface area contributed by atoms with Crippen LogP contribution in [0.25, 0.3) is 33.0 Å². The van der Waals surface area contributed by atoms with Crippen molar-refractivity contribution in [2.75, 3.05) is 0 Å². The van der Waals surface area contributed by atoms with E-state index < -0.39 is 23.7 Å². The molecule has 1 saturated heterocycles. The van der Waals surface area contributed by atoms with Crippen molar-refractivity contribution in [1.29, 1.82) is 0 Å². The molecule has 0 saturated carbocycles. The predicted octanol–water partition coefficient (Wildman–Crippen LogP) is 9.27. The molecule has 1 fully saturated rings. The fourth-order valence-corrected chi connectivity index (χ4v) is 7.72. The van der Waals surface area contributed by atoms with Gasteiger partial charge in [0.2, 0.25) is 0 Å². The zero-order chi connectivity index (χ0) is 30.6. The Morgan fingerprint density at radius 2 is 1.09 bits per heavy atom. The molecule has 1 spiro atoms. The second-order valence-corrected chi connectivity index (χ2v) is 13.5. The summed E-state index contributed by atoms with van der Waals surface area (Å²) < 4.78 is 20.2. The minimum absolute atomic E-state index is 0.446. The largest absolute Gasteiger partial charge is 0.494 e. The molecule has 3 aliphatic rings. The monoisotopic (exact) mass is 584 g/mol. The fourth-order valence-electron chi connectivity index (χ4n) is 7.72. The van der Waals surface area contributed by atoms with E-state index in [2.05, 4.69) is 155 Å². The van der Waals surface area contributed by atoms with Crippen LogP contribution in [0.4, 0.5) is 0 Å². The molecular formula is C41H33BO3. The van der Waals surface area contributed by atoms with Gasteiger partial charge in [0.15, 0.2) is 0 Å². The van der Waals surface area contributed by atoms with Crippen LogP contribution in [0.3, 0.4) is 0 Å². The lowest BCUT2D eigenvalue weighted by Gasteiger charge is -2.43. The molecule has 1 aliphatic carbocycles. The number of hydrogen-bond donors (Lipinski definition) is 0. The van der Waals surface area contributed by atoms with Crippen LogP contribution in [0.5, 0.6) is 11.5 Å². The van der Waals surface area contributed by atoms with E-state index in [1.165, 1.54) is 33.4 Å². The average molecular weight is 585 g/mol. The SMILES string of the molecule is CC1(C)OB(c2ccc3c(c2)C2(c4ccccc4Oc4c2ccc2ccccc42)c2ccccc2-c2ccccc2-3)OC1(C)C. The lowest BCUT2D eigenvalue weighted by atomic mass is 9.61. The molecular weight excluding hydrogens is 551 g/mol. The minimum Gasteiger partial charge on any atom is -0.456 e. The van der Waals surface area contributed by atoms with Gasteiger partial charge in [-0.15, -0.1) is 0 Å². The van der Waals surface area contributed by atoms with Gasteiger partial charge in [0.25, 0.3) is 0 Å². The van der Waals surface area contributed by atoms with E-state index >= 15 is 0 Å². The highest BCUT2D eigenvalue weighted by molar-refractivity contribution is 6.62. The molecule has 45 heavy (non-hydrogen) atoms. The second kappa shape index (κ2) is 9.20. The number of rotatable bonds is 1. The third-order valence-electron chi connectivity index (χ3n) is 10.6. The lowest BCUT2D eigenvalue weighted by molar-refractivity contribution is 0.00578. The highest BCUT2D eigenvalue weighted by atomic mass is 16.7. The van der Waals surface area contributed by atoms with Gasteiger partial charge < -0.3 is 14.0 Å².